The van der Waals surface area contributed by atoms with E-state index in [0.717, 1.165) is 26.2 Å². The minimum absolute atomic E-state index is 0.233. The summed E-state index contributed by atoms with van der Waals surface area (Å²) in [5, 5.41) is 13.8. The minimum Gasteiger partial charge on any atom is -0.483 e. The summed E-state index contributed by atoms with van der Waals surface area (Å²) in [6.07, 6.45) is 1.41. The Kier molecular flexibility index (Phi) is 10.8. The smallest absolute Gasteiger partial charge is 0.290 e. The van der Waals surface area contributed by atoms with Crippen LogP contribution in [0.2, 0.25) is 0 Å². The van der Waals surface area contributed by atoms with Crippen molar-refractivity contribution in [3.05, 3.63) is 6.33 Å². The average molecular weight is 318 g/mol. The van der Waals surface area contributed by atoms with Gasteiger partial charge in [0, 0.05) is 32.7 Å². The maximum Gasteiger partial charge on any atom is 0.290 e. The van der Waals surface area contributed by atoms with E-state index in [1.165, 1.54) is 6.33 Å². The molecular weight excluding hydrogens is 299 g/mol. The third kappa shape index (κ3) is 7.89. The summed E-state index contributed by atoms with van der Waals surface area (Å²) in [4.78, 5) is 32.7. The van der Waals surface area contributed by atoms with Crippen LogP contribution in [0.5, 0.6) is 0 Å². The number of nitrogen functional groups attached to an aromatic ring is 1. The fourth-order valence-corrected chi connectivity index (χ4v) is 1.74. The molecule has 4 N–H and O–H groups in total. The van der Waals surface area contributed by atoms with Crippen molar-refractivity contribution >= 4 is 24.8 Å². The maximum atomic E-state index is 12.1. The number of carbonyl (C=O) groups is 2. The lowest BCUT2D eigenvalue weighted by Gasteiger charge is -2.33. The number of hydrogen-bond acceptors (Lipinski definition) is 8. The van der Waals surface area contributed by atoms with Crippen LogP contribution in [0.3, 0.4) is 0 Å². The highest BCUT2D eigenvalue weighted by atomic mass is 19.1. The number of anilines is 2. The lowest BCUT2D eigenvalue weighted by atomic mass is 10.3. The molecule has 1 fully saturated rings. The molecular formula is C11H19FN6O4. The number of piperazine rings is 1. The van der Waals surface area contributed by atoms with E-state index < -0.39 is 0 Å². The molecule has 0 atom stereocenters. The number of aromatic nitrogens is 3. The fraction of sp³-hybridized carbons (Fsp3) is 0.545. The van der Waals surface area contributed by atoms with Gasteiger partial charge in [-0.1, -0.05) is 0 Å². The average Bonchev–Trinajstić information content (AvgIpc) is 2.50. The second kappa shape index (κ2) is 12.2. The lowest BCUT2D eigenvalue weighted by Crippen LogP contribution is -2.47. The fourth-order valence-electron chi connectivity index (χ4n) is 1.74. The van der Waals surface area contributed by atoms with E-state index in [1.54, 1.807) is 0 Å². The van der Waals surface area contributed by atoms with Crippen LogP contribution < -0.4 is 10.6 Å². The first-order valence-electron chi connectivity index (χ1n) is 6.26. The van der Waals surface area contributed by atoms with E-state index in [-0.39, 0.29) is 25.6 Å². The molecule has 11 heteroatoms. The Morgan fingerprint density at radius 3 is 2.18 bits per heavy atom. The van der Waals surface area contributed by atoms with Gasteiger partial charge in [-0.3, -0.25) is 14.5 Å². The number of carboxylic acid groups (broad SMARTS) is 2. The Morgan fingerprint density at radius 1 is 1.18 bits per heavy atom. The highest BCUT2D eigenvalue weighted by Crippen LogP contribution is 2.10. The Morgan fingerprint density at radius 2 is 1.73 bits per heavy atom. The molecule has 1 aromatic rings. The maximum absolute atomic E-state index is 12.1. The number of nitrogens with two attached hydrogens (primary N) is 1. The van der Waals surface area contributed by atoms with E-state index in [2.05, 4.69) is 19.9 Å². The Balaban J connectivity index is 0.000000639. The first kappa shape index (κ1) is 19.4. The second-order valence-corrected chi connectivity index (χ2v) is 3.87. The van der Waals surface area contributed by atoms with Crippen LogP contribution in [0, 0.1) is 0 Å². The first-order chi connectivity index (χ1) is 10.6. The van der Waals surface area contributed by atoms with Crippen molar-refractivity contribution in [2.75, 3.05) is 50.0 Å². The lowest BCUT2D eigenvalue weighted by molar-refractivity contribution is -0.123. The molecule has 124 valence electrons. The van der Waals surface area contributed by atoms with Crippen LogP contribution in [0.4, 0.5) is 16.3 Å². The monoisotopic (exact) mass is 318 g/mol. The van der Waals surface area contributed by atoms with Gasteiger partial charge in [-0.25, -0.2) is 14.4 Å². The number of alkyl halides is 1. The van der Waals surface area contributed by atoms with Crippen molar-refractivity contribution in [2.45, 2.75) is 0 Å². The molecule has 0 spiro atoms. The normalized spacial score (nSPS) is 14.0. The molecule has 1 aliphatic heterocycles. The number of hydrogen-bond donors (Lipinski definition) is 3. The van der Waals surface area contributed by atoms with Gasteiger partial charge in [-0.2, -0.15) is 4.98 Å². The summed E-state index contributed by atoms with van der Waals surface area (Å²) in [5.74, 6) is 0.837. The molecule has 2 heterocycles. The van der Waals surface area contributed by atoms with Crippen LogP contribution >= 0.6 is 0 Å². The van der Waals surface area contributed by atoms with Gasteiger partial charge < -0.3 is 20.8 Å². The molecule has 1 aromatic heterocycles. The van der Waals surface area contributed by atoms with Gasteiger partial charge in [0.25, 0.3) is 12.9 Å². The standard InChI is InChI=1S/C9H15FN6.2CH2O2/c10-1-2-15-3-5-16(6-4-15)9-13-7-12-8(11)14-9;2*2-1-3/h7H,1-6H2,(H2,11,12,13,14);2*1H,(H,2,3). The van der Waals surface area contributed by atoms with Crippen molar-refractivity contribution in [3.63, 3.8) is 0 Å². The zero-order valence-electron chi connectivity index (χ0n) is 11.9. The van der Waals surface area contributed by atoms with Crippen molar-refractivity contribution in [1.82, 2.24) is 19.9 Å². The Hall–Kier alpha value is -2.56. The highest BCUT2D eigenvalue weighted by Gasteiger charge is 2.18. The third-order valence-electron chi connectivity index (χ3n) is 2.63. The molecule has 2 rings (SSSR count). The van der Waals surface area contributed by atoms with Crippen LogP contribution in [0.25, 0.3) is 0 Å². The molecule has 0 amide bonds. The molecule has 0 bridgehead atoms. The van der Waals surface area contributed by atoms with Crippen molar-refractivity contribution in [3.8, 4) is 0 Å². The summed E-state index contributed by atoms with van der Waals surface area (Å²) >= 11 is 0. The topological polar surface area (TPSA) is 146 Å². The van der Waals surface area contributed by atoms with Gasteiger partial charge in [-0.05, 0) is 0 Å². The highest BCUT2D eigenvalue weighted by molar-refractivity contribution is 5.33. The van der Waals surface area contributed by atoms with Crippen molar-refractivity contribution in [2.24, 2.45) is 0 Å². The predicted octanol–water partition coefficient (Wildman–Crippen LogP) is -1.05. The summed E-state index contributed by atoms with van der Waals surface area (Å²) in [7, 11) is 0. The van der Waals surface area contributed by atoms with Gasteiger partial charge in [0.1, 0.15) is 13.0 Å². The van der Waals surface area contributed by atoms with Gasteiger partial charge in [0.05, 0.1) is 0 Å². The van der Waals surface area contributed by atoms with E-state index in [1.807, 2.05) is 4.90 Å². The number of rotatable bonds is 3. The third-order valence-corrected chi connectivity index (χ3v) is 2.63. The summed E-state index contributed by atoms with van der Waals surface area (Å²) in [6, 6.07) is 0. The van der Waals surface area contributed by atoms with Gasteiger partial charge in [0.15, 0.2) is 0 Å². The molecule has 0 radical (unpaired) electrons. The number of halogens is 1. The summed E-state index contributed by atoms with van der Waals surface area (Å²) in [6.45, 7) is 2.96. The Bertz CT molecular complexity index is 425. The van der Waals surface area contributed by atoms with Crippen LogP contribution in [0.15, 0.2) is 6.33 Å². The molecule has 22 heavy (non-hydrogen) atoms. The van der Waals surface area contributed by atoms with E-state index in [9.17, 15) is 4.39 Å². The van der Waals surface area contributed by atoms with Crippen molar-refractivity contribution in [1.29, 1.82) is 0 Å². The van der Waals surface area contributed by atoms with Crippen LogP contribution in [-0.2, 0) is 9.59 Å². The van der Waals surface area contributed by atoms with Crippen LogP contribution in [-0.4, -0.2) is 82.4 Å². The SMILES string of the molecule is Nc1ncnc(N2CCN(CCF)CC2)n1.O=CO.O=CO. The largest absolute Gasteiger partial charge is 0.483 e. The van der Waals surface area contributed by atoms with Gasteiger partial charge >= 0.3 is 0 Å². The molecule has 0 aliphatic carbocycles. The quantitative estimate of drug-likeness (QED) is 0.590. The number of nitrogens with zero attached hydrogens (tertiary/aromatic N) is 5. The minimum atomic E-state index is -0.293. The molecule has 1 saturated heterocycles. The zero-order valence-corrected chi connectivity index (χ0v) is 11.9. The zero-order chi connectivity index (χ0) is 16.8. The van der Waals surface area contributed by atoms with Gasteiger partial charge in [0.2, 0.25) is 11.9 Å². The second-order valence-electron chi connectivity index (χ2n) is 3.87. The van der Waals surface area contributed by atoms with E-state index in [0.29, 0.717) is 12.5 Å². The molecule has 10 nitrogen and oxygen atoms in total. The molecule has 1 aliphatic rings. The molecule has 0 aromatic carbocycles. The van der Waals surface area contributed by atoms with Crippen molar-refractivity contribution < 1.29 is 24.2 Å². The molecule has 0 saturated carbocycles. The summed E-state index contributed by atoms with van der Waals surface area (Å²) < 4.78 is 12.1. The first-order valence-corrected chi connectivity index (χ1v) is 6.26. The van der Waals surface area contributed by atoms with Gasteiger partial charge in [-0.15, -0.1) is 0 Å². The summed E-state index contributed by atoms with van der Waals surface area (Å²) in [5.41, 5.74) is 5.49. The van der Waals surface area contributed by atoms with E-state index in [4.69, 9.17) is 25.5 Å². The molecule has 0 unspecified atom stereocenters. The van der Waals surface area contributed by atoms with E-state index >= 15 is 0 Å². The predicted molar refractivity (Wildman–Crippen MR) is 76.3 cm³/mol. The van der Waals surface area contributed by atoms with Crippen LogP contribution in [0.1, 0.15) is 0 Å². The Labute approximate surface area is 126 Å².